The van der Waals surface area contributed by atoms with Gasteiger partial charge in [0.05, 0.1) is 0 Å². The third kappa shape index (κ3) is 47.5. The van der Waals surface area contributed by atoms with E-state index in [9.17, 15) is 14.4 Å². The second-order valence-corrected chi connectivity index (χ2v) is 19.5. The highest BCUT2D eigenvalue weighted by atomic mass is 16.6. The Morgan fingerprint density at radius 2 is 0.550 bits per heavy atom. The molecule has 0 aliphatic heterocycles. The molecule has 0 N–H and O–H groups in total. The van der Waals surface area contributed by atoms with Gasteiger partial charge in [-0.3, -0.25) is 14.4 Å². The molecule has 1 atom stereocenters. The Balaban J connectivity index is 4.29. The minimum Gasteiger partial charge on any atom is -0.462 e. The lowest BCUT2D eigenvalue weighted by Gasteiger charge is -2.18. The first-order chi connectivity index (χ1) is 29.2. The van der Waals surface area contributed by atoms with E-state index in [0.29, 0.717) is 19.3 Å². The number of ether oxygens (including phenoxy) is 3. The first-order valence-corrected chi connectivity index (χ1v) is 26.7. The summed E-state index contributed by atoms with van der Waals surface area (Å²) in [4.78, 5) is 38.0. The van der Waals surface area contributed by atoms with Crippen LogP contribution in [-0.4, -0.2) is 37.2 Å². The van der Waals surface area contributed by atoms with Crippen molar-refractivity contribution in [2.45, 2.75) is 304 Å². The maximum Gasteiger partial charge on any atom is 0.306 e. The molecular formula is C54H104O6. The van der Waals surface area contributed by atoms with Gasteiger partial charge in [0.2, 0.25) is 0 Å². The van der Waals surface area contributed by atoms with Crippen molar-refractivity contribution >= 4 is 17.9 Å². The molecule has 0 aromatic carbocycles. The molecule has 0 unspecified atom stereocenters. The van der Waals surface area contributed by atoms with Crippen molar-refractivity contribution in [3.05, 3.63) is 0 Å². The van der Waals surface area contributed by atoms with Gasteiger partial charge in [-0.25, -0.2) is 0 Å². The van der Waals surface area contributed by atoms with E-state index in [1.165, 1.54) is 186 Å². The number of hydrogen-bond donors (Lipinski definition) is 0. The summed E-state index contributed by atoms with van der Waals surface area (Å²) in [6.07, 6.45) is 48.0. The first kappa shape index (κ1) is 58.4. The summed E-state index contributed by atoms with van der Waals surface area (Å²) in [7, 11) is 0. The van der Waals surface area contributed by atoms with Crippen LogP contribution in [0.3, 0.4) is 0 Å². The average molecular weight is 849 g/mol. The Morgan fingerprint density at radius 3 is 0.817 bits per heavy atom. The minimum atomic E-state index is -0.761. The predicted molar refractivity (Wildman–Crippen MR) is 256 cm³/mol. The molecular weight excluding hydrogens is 745 g/mol. The fourth-order valence-corrected chi connectivity index (χ4v) is 8.17. The Hall–Kier alpha value is -1.59. The van der Waals surface area contributed by atoms with E-state index in [4.69, 9.17) is 14.2 Å². The van der Waals surface area contributed by atoms with E-state index in [1.54, 1.807) is 0 Å². The van der Waals surface area contributed by atoms with Crippen LogP contribution in [0.5, 0.6) is 0 Å². The molecule has 0 aromatic rings. The quantitative estimate of drug-likeness (QED) is 0.0345. The van der Waals surface area contributed by atoms with E-state index < -0.39 is 6.10 Å². The normalized spacial score (nSPS) is 12.1. The van der Waals surface area contributed by atoms with Gasteiger partial charge in [-0.1, -0.05) is 259 Å². The number of unbranched alkanes of at least 4 members (excludes halogenated alkanes) is 33. The fourth-order valence-electron chi connectivity index (χ4n) is 8.17. The molecule has 0 saturated heterocycles. The van der Waals surface area contributed by atoms with Crippen LogP contribution >= 0.6 is 0 Å². The van der Waals surface area contributed by atoms with E-state index in [2.05, 4.69) is 34.6 Å². The molecule has 60 heavy (non-hydrogen) atoms. The molecule has 0 fully saturated rings. The highest BCUT2D eigenvalue weighted by molar-refractivity contribution is 5.71. The van der Waals surface area contributed by atoms with Crippen LogP contribution in [0.1, 0.15) is 298 Å². The number of esters is 3. The summed E-state index contributed by atoms with van der Waals surface area (Å²) in [6, 6.07) is 0. The van der Waals surface area contributed by atoms with Crippen molar-refractivity contribution in [3.8, 4) is 0 Å². The number of carbonyl (C=O) groups excluding carboxylic acids is 3. The van der Waals surface area contributed by atoms with Crippen molar-refractivity contribution in [2.24, 2.45) is 11.8 Å². The Kier molecular flexibility index (Phi) is 45.7. The van der Waals surface area contributed by atoms with Gasteiger partial charge in [0.25, 0.3) is 0 Å². The molecule has 0 rings (SSSR count). The van der Waals surface area contributed by atoms with Crippen molar-refractivity contribution in [1.29, 1.82) is 0 Å². The van der Waals surface area contributed by atoms with Gasteiger partial charge in [0, 0.05) is 19.3 Å². The Morgan fingerprint density at radius 1 is 0.317 bits per heavy atom. The van der Waals surface area contributed by atoms with Crippen LogP contribution in [0.4, 0.5) is 0 Å². The van der Waals surface area contributed by atoms with Crippen LogP contribution in [0, 0.1) is 11.8 Å². The van der Waals surface area contributed by atoms with Crippen LogP contribution in [0.15, 0.2) is 0 Å². The summed E-state index contributed by atoms with van der Waals surface area (Å²) >= 11 is 0. The molecule has 6 heteroatoms. The molecule has 0 heterocycles. The number of carbonyl (C=O) groups is 3. The first-order valence-electron chi connectivity index (χ1n) is 26.7. The highest BCUT2D eigenvalue weighted by Crippen LogP contribution is 2.17. The Bertz CT molecular complexity index is 916. The minimum absolute atomic E-state index is 0.0634. The van der Waals surface area contributed by atoms with Crippen LogP contribution in [0.2, 0.25) is 0 Å². The summed E-state index contributed by atoms with van der Waals surface area (Å²) in [5.74, 6) is 0.807. The van der Waals surface area contributed by atoms with Gasteiger partial charge in [0.1, 0.15) is 13.2 Å². The molecule has 0 saturated carbocycles. The fraction of sp³-hybridized carbons (Fsp3) is 0.944. The third-order valence-corrected chi connectivity index (χ3v) is 12.2. The zero-order valence-electron chi connectivity index (χ0n) is 41.1. The molecule has 6 nitrogen and oxygen atoms in total. The lowest BCUT2D eigenvalue weighted by molar-refractivity contribution is -0.167. The molecule has 0 amide bonds. The smallest absolute Gasteiger partial charge is 0.306 e. The monoisotopic (exact) mass is 849 g/mol. The topological polar surface area (TPSA) is 78.9 Å². The molecule has 0 spiro atoms. The number of hydrogen-bond acceptors (Lipinski definition) is 6. The predicted octanol–water partition coefficient (Wildman–Crippen LogP) is 17.3. The van der Waals surface area contributed by atoms with E-state index in [1.807, 2.05) is 0 Å². The molecule has 356 valence electrons. The second-order valence-electron chi connectivity index (χ2n) is 19.5. The molecule has 0 aromatic heterocycles. The van der Waals surface area contributed by atoms with Gasteiger partial charge in [-0.05, 0) is 31.1 Å². The SMILES string of the molecule is CCCCCCCCCCCCCCCC(=O)O[C@@H](COC(=O)CCCCCCCCCCCCCCCCC(C)C)COC(=O)CCCCCCCCCCCC(C)C. The van der Waals surface area contributed by atoms with Gasteiger partial charge >= 0.3 is 17.9 Å². The van der Waals surface area contributed by atoms with Crippen LogP contribution in [0.25, 0.3) is 0 Å². The van der Waals surface area contributed by atoms with Crippen LogP contribution < -0.4 is 0 Å². The molecule has 0 radical (unpaired) electrons. The van der Waals surface area contributed by atoms with Gasteiger partial charge in [-0.2, -0.15) is 0 Å². The van der Waals surface area contributed by atoms with Crippen molar-refractivity contribution in [3.63, 3.8) is 0 Å². The summed E-state index contributed by atoms with van der Waals surface area (Å²) in [5.41, 5.74) is 0. The van der Waals surface area contributed by atoms with Gasteiger partial charge in [-0.15, -0.1) is 0 Å². The van der Waals surface area contributed by atoms with Gasteiger partial charge in [0.15, 0.2) is 6.10 Å². The average Bonchev–Trinajstić information content (AvgIpc) is 3.22. The maximum absolute atomic E-state index is 12.8. The van der Waals surface area contributed by atoms with E-state index in [0.717, 1.165) is 69.6 Å². The molecule has 0 aliphatic rings. The third-order valence-electron chi connectivity index (χ3n) is 12.2. The standard InChI is InChI=1S/C54H104O6/c1-6-7-8-9-10-11-12-15-20-25-31-36-41-46-54(57)60-51(48-59-53(56)45-40-35-30-26-21-23-28-33-38-43-50(4)5)47-58-52(55)44-39-34-29-24-19-17-14-13-16-18-22-27-32-37-42-49(2)3/h49-51H,6-48H2,1-5H3/t51-/m0/s1. The molecule has 0 bridgehead atoms. The summed E-state index contributed by atoms with van der Waals surface area (Å²) < 4.78 is 16.8. The largest absolute Gasteiger partial charge is 0.462 e. The lowest BCUT2D eigenvalue weighted by atomic mass is 10.0. The van der Waals surface area contributed by atoms with E-state index >= 15 is 0 Å². The summed E-state index contributed by atoms with van der Waals surface area (Å²) in [5, 5.41) is 0. The highest BCUT2D eigenvalue weighted by Gasteiger charge is 2.19. The van der Waals surface area contributed by atoms with Crippen molar-refractivity contribution < 1.29 is 28.6 Å². The van der Waals surface area contributed by atoms with Crippen molar-refractivity contribution in [1.82, 2.24) is 0 Å². The Labute approximate surface area is 374 Å². The lowest BCUT2D eigenvalue weighted by Crippen LogP contribution is -2.30. The van der Waals surface area contributed by atoms with Crippen molar-refractivity contribution in [2.75, 3.05) is 13.2 Å². The number of rotatable bonds is 48. The zero-order chi connectivity index (χ0) is 44.0. The van der Waals surface area contributed by atoms with Crippen LogP contribution in [-0.2, 0) is 28.6 Å². The summed E-state index contributed by atoms with van der Waals surface area (Å²) in [6.45, 7) is 11.4. The van der Waals surface area contributed by atoms with E-state index in [-0.39, 0.29) is 31.1 Å². The maximum atomic E-state index is 12.8. The van der Waals surface area contributed by atoms with Gasteiger partial charge < -0.3 is 14.2 Å². The second kappa shape index (κ2) is 46.9. The molecule has 0 aliphatic carbocycles. The zero-order valence-corrected chi connectivity index (χ0v) is 41.1.